The first-order chi connectivity index (χ1) is 8.56. The third-order valence-corrected chi connectivity index (χ3v) is 3.56. The fraction of sp³-hybridized carbons (Fsp3) is 0.923. The third kappa shape index (κ3) is 12.1. The Balaban J connectivity index is 3.27. The number of carbonyl (C=O) groups excluding carboxylic acids is 1. The largest absolute Gasteiger partial charge is 0.465 e. The number of thioether (sulfide) groups is 1. The third-order valence-electron chi connectivity index (χ3n) is 2.58. The summed E-state index contributed by atoms with van der Waals surface area (Å²) in [4.78, 5) is 11.0. The van der Waals surface area contributed by atoms with E-state index in [9.17, 15) is 13.6 Å². The first kappa shape index (κ1) is 17.7. The van der Waals surface area contributed by atoms with Gasteiger partial charge in [-0.05, 0) is 30.9 Å². The lowest BCUT2D eigenvalue weighted by molar-refractivity contribution is -0.143. The Morgan fingerprint density at radius 1 is 1.22 bits per heavy atom. The summed E-state index contributed by atoms with van der Waals surface area (Å²) in [7, 11) is 0. The van der Waals surface area contributed by atoms with Crippen molar-refractivity contribution in [3.8, 4) is 0 Å². The lowest BCUT2D eigenvalue weighted by Crippen LogP contribution is -2.07. The second-order valence-corrected chi connectivity index (χ2v) is 5.67. The lowest BCUT2D eigenvalue weighted by Gasteiger charge is -2.10. The van der Waals surface area contributed by atoms with Crippen molar-refractivity contribution in [1.82, 2.24) is 0 Å². The van der Waals surface area contributed by atoms with Gasteiger partial charge in [-0.2, -0.15) is 11.8 Å². The molecule has 2 nitrogen and oxygen atoms in total. The first-order valence-electron chi connectivity index (χ1n) is 6.57. The molecule has 0 aliphatic carbocycles. The van der Waals surface area contributed by atoms with Gasteiger partial charge in [0.2, 0.25) is 6.43 Å². The molecule has 108 valence electrons. The van der Waals surface area contributed by atoms with Crippen LogP contribution in [0.3, 0.4) is 0 Å². The van der Waals surface area contributed by atoms with Crippen molar-refractivity contribution >= 4 is 17.7 Å². The van der Waals surface area contributed by atoms with Crippen molar-refractivity contribution in [3.63, 3.8) is 0 Å². The highest BCUT2D eigenvalue weighted by molar-refractivity contribution is 7.99. The summed E-state index contributed by atoms with van der Waals surface area (Å²) < 4.78 is 28.9. The molecule has 0 aliphatic heterocycles. The number of esters is 1. The zero-order valence-electron chi connectivity index (χ0n) is 11.3. The molecule has 0 saturated heterocycles. The van der Waals surface area contributed by atoms with Gasteiger partial charge in [-0.25, -0.2) is 8.78 Å². The van der Waals surface area contributed by atoms with E-state index >= 15 is 0 Å². The molecule has 1 unspecified atom stereocenters. The molecule has 18 heavy (non-hydrogen) atoms. The molecule has 0 spiro atoms. The number of carbonyl (C=O) groups is 1. The predicted molar refractivity (Wildman–Crippen MR) is 72.2 cm³/mol. The van der Waals surface area contributed by atoms with Crippen molar-refractivity contribution in [1.29, 1.82) is 0 Å². The van der Waals surface area contributed by atoms with E-state index in [2.05, 4.69) is 0 Å². The molecule has 0 aromatic heterocycles. The maximum atomic E-state index is 12.0. The van der Waals surface area contributed by atoms with Gasteiger partial charge in [-0.15, -0.1) is 0 Å². The van der Waals surface area contributed by atoms with Gasteiger partial charge in [0.05, 0.1) is 0 Å². The summed E-state index contributed by atoms with van der Waals surface area (Å²) in [5.41, 5.74) is 0. The summed E-state index contributed by atoms with van der Waals surface area (Å²) >= 11 is 1.71. The van der Waals surface area contributed by atoms with E-state index in [1.807, 2.05) is 13.8 Å². The average molecular weight is 282 g/mol. The van der Waals surface area contributed by atoms with Crippen LogP contribution in [0.4, 0.5) is 8.78 Å². The van der Waals surface area contributed by atoms with Crippen LogP contribution in [0.25, 0.3) is 0 Å². The molecule has 1 atom stereocenters. The fourth-order valence-electron chi connectivity index (χ4n) is 1.43. The second-order valence-electron chi connectivity index (χ2n) is 4.45. The molecule has 0 N–H and O–H groups in total. The Morgan fingerprint density at radius 3 is 2.56 bits per heavy atom. The normalized spacial score (nSPS) is 12.7. The average Bonchev–Trinajstić information content (AvgIpc) is 2.31. The number of alkyl halides is 2. The molecular formula is C13H24F2O2S. The summed E-state index contributed by atoms with van der Waals surface area (Å²) in [5.74, 6) is 1.93. The summed E-state index contributed by atoms with van der Waals surface area (Å²) in [5, 5.41) is 0. The molecule has 0 bridgehead atoms. The molecule has 0 amide bonds. The van der Waals surface area contributed by atoms with Crippen LogP contribution in [0, 0.1) is 5.92 Å². The SMILES string of the molecule is CCCC(=O)OCCSCCC(C)CCC(F)F. The fourth-order valence-corrected chi connectivity index (χ4v) is 2.41. The van der Waals surface area contributed by atoms with E-state index in [-0.39, 0.29) is 12.4 Å². The van der Waals surface area contributed by atoms with Crippen LogP contribution in [0.15, 0.2) is 0 Å². The van der Waals surface area contributed by atoms with Crippen LogP contribution in [0.1, 0.15) is 46.0 Å². The zero-order chi connectivity index (χ0) is 13.8. The Morgan fingerprint density at radius 2 is 1.94 bits per heavy atom. The minimum Gasteiger partial charge on any atom is -0.465 e. The molecule has 0 heterocycles. The van der Waals surface area contributed by atoms with Crippen molar-refractivity contribution in [2.75, 3.05) is 18.1 Å². The Hall–Kier alpha value is -0.320. The van der Waals surface area contributed by atoms with Crippen LogP contribution in [0.5, 0.6) is 0 Å². The van der Waals surface area contributed by atoms with Crippen molar-refractivity contribution in [3.05, 3.63) is 0 Å². The summed E-state index contributed by atoms with van der Waals surface area (Å²) in [6.07, 6.45) is 0.644. The number of halogens is 2. The van der Waals surface area contributed by atoms with Crippen molar-refractivity contribution < 1.29 is 18.3 Å². The monoisotopic (exact) mass is 282 g/mol. The van der Waals surface area contributed by atoms with E-state index < -0.39 is 6.43 Å². The Kier molecular flexibility index (Phi) is 11.5. The first-order valence-corrected chi connectivity index (χ1v) is 7.73. The minimum absolute atomic E-state index is 0.000460. The van der Waals surface area contributed by atoms with Gasteiger partial charge in [-0.3, -0.25) is 4.79 Å². The zero-order valence-corrected chi connectivity index (χ0v) is 12.1. The highest BCUT2D eigenvalue weighted by Gasteiger charge is 2.07. The van der Waals surface area contributed by atoms with E-state index in [0.29, 0.717) is 25.4 Å². The highest BCUT2D eigenvalue weighted by Crippen LogP contribution is 2.17. The van der Waals surface area contributed by atoms with Crippen LogP contribution in [-0.4, -0.2) is 30.5 Å². The molecular weight excluding hydrogens is 258 g/mol. The standard InChI is InChI=1S/C13H24F2O2S/c1-3-4-13(16)17-8-10-18-9-7-11(2)5-6-12(14)15/h11-12H,3-10H2,1-2H3. The number of hydrogen-bond donors (Lipinski definition) is 0. The van der Waals surface area contributed by atoms with E-state index in [1.54, 1.807) is 11.8 Å². The predicted octanol–water partition coefficient (Wildman–Crippen LogP) is 4.13. The second kappa shape index (κ2) is 11.8. The van der Waals surface area contributed by atoms with Gasteiger partial charge in [0.25, 0.3) is 0 Å². The maximum absolute atomic E-state index is 12.0. The van der Waals surface area contributed by atoms with Crippen molar-refractivity contribution in [2.45, 2.75) is 52.4 Å². The quantitative estimate of drug-likeness (QED) is 0.421. The van der Waals surface area contributed by atoms with Gasteiger partial charge in [0.1, 0.15) is 6.61 Å². The van der Waals surface area contributed by atoms with E-state index in [1.165, 1.54) is 0 Å². The van der Waals surface area contributed by atoms with Gasteiger partial charge >= 0.3 is 5.97 Å². The molecule has 0 rings (SSSR count). The lowest BCUT2D eigenvalue weighted by atomic mass is 10.0. The van der Waals surface area contributed by atoms with Gasteiger partial charge in [0, 0.05) is 18.6 Å². The number of rotatable bonds is 11. The molecule has 0 radical (unpaired) electrons. The summed E-state index contributed by atoms with van der Waals surface area (Å²) in [6, 6.07) is 0. The van der Waals surface area contributed by atoms with Crippen LogP contribution >= 0.6 is 11.8 Å². The van der Waals surface area contributed by atoms with Crippen LogP contribution in [-0.2, 0) is 9.53 Å². The van der Waals surface area contributed by atoms with Gasteiger partial charge in [-0.1, -0.05) is 13.8 Å². The topological polar surface area (TPSA) is 26.3 Å². The Labute approximate surface area is 113 Å². The number of hydrogen-bond acceptors (Lipinski definition) is 3. The summed E-state index contributed by atoms with van der Waals surface area (Å²) in [6.45, 7) is 4.40. The van der Waals surface area contributed by atoms with Crippen LogP contribution < -0.4 is 0 Å². The molecule has 0 aromatic carbocycles. The molecule has 5 heteroatoms. The molecule has 0 aromatic rings. The van der Waals surface area contributed by atoms with Crippen LogP contribution in [0.2, 0.25) is 0 Å². The number of ether oxygens (including phenoxy) is 1. The molecule has 0 saturated carbocycles. The van der Waals surface area contributed by atoms with Crippen molar-refractivity contribution in [2.24, 2.45) is 5.92 Å². The molecule has 0 fully saturated rings. The van der Waals surface area contributed by atoms with E-state index in [4.69, 9.17) is 4.74 Å². The maximum Gasteiger partial charge on any atom is 0.305 e. The van der Waals surface area contributed by atoms with E-state index in [0.717, 1.165) is 24.3 Å². The molecule has 0 aliphatic rings. The highest BCUT2D eigenvalue weighted by atomic mass is 32.2. The van der Waals surface area contributed by atoms with Gasteiger partial charge in [0.15, 0.2) is 0 Å². The van der Waals surface area contributed by atoms with Gasteiger partial charge < -0.3 is 4.74 Å². The Bertz CT molecular complexity index is 213. The smallest absolute Gasteiger partial charge is 0.305 e. The minimum atomic E-state index is -2.18.